The molecule has 108 valence electrons. The molecule has 4 aromatic rings. The van der Waals surface area contributed by atoms with Gasteiger partial charge in [0.2, 0.25) is 5.89 Å². The Morgan fingerprint density at radius 2 is 1.86 bits per heavy atom. The molecule has 3 nitrogen and oxygen atoms in total. The van der Waals surface area contributed by atoms with Gasteiger partial charge in [-0.25, -0.2) is 4.98 Å². The first-order valence-electron chi connectivity index (χ1n) is 7.01. The van der Waals surface area contributed by atoms with Gasteiger partial charge in [0.1, 0.15) is 5.52 Å². The van der Waals surface area contributed by atoms with Gasteiger partial charge in [0.15, 0.2) is 5.58 Å². The van der Waals surface area contributed by atoms with E-state index < -0.39 is 0 Å². The van der Waals surface area contributed by atoms with Gasteiger partial charge in [-0.15, -0.1) is 0 Å². The molecular formula is C18H13ClN2O. The van der Waals surface area contributed by atoms with Crippen molar-refractivity contribution >= 4 is 22.7 Å². The first kappa shape index (κ1) is 13.2. The highest BCUT2D eigenvalue weighted by atomic mass is 35.5. The van der Waals surface area contributed by atoms with Crippen LogP contribution in [0.15, 0.2) is 65.3 Å². The number of aromatic nitrogens is 2. The maximum Gasteiger partial charge on any atom is 0.228 e. The van der Waals surface area contributed by atoms with Crippen molar-refractivity contribution < 1.29 is 4.42 Å². The summed E-state index contributed by atoms with van der Waals surface area (Å²) in [5.41, 5.74) is 4.53. The van der Waals surface area contributed by atoms with Crippen molar-refractivity contribution in [3.8, 4) is 17.1 Å². The number of hydrogen-bond donors (Lipinski definition) is 0. The fourth-order valence-electron chi connectivity index (χ4n) is 2.49. The molecule has 0 bridgehead atoms. The molecule has 0 aliphatic carbocycles. The molecule has 0 saturated heterocycles. The van der Waals surface area contributed by atoms with E-state index in [1.54, 1.807) is 0 Å². The molecule has 0 aliphatic heterocycles. The van der Waals surface area contributed by atoms with Gasteiger partial charge in [-0.05, 0) is 48.9 Å². The van der Waals surface area contributed by atoms with Crippen molar-refractivity contribution in [2.75, 3.05) is 0 Å². The molecule has 2 aromatic heterocycles. The van der Waals surface area contributed by atoms with Crippen molar-refractivity contribution in [3.63, 3.8) is 0 Å². The smallest absolute Gasteiger partial charge is 0.228 e. The molecule has 0 aliphatic rings. The number of oxazole rings is 1. The van der Waals surface area contributed by atoms with Crippen LogP contribution in [0, 0.1) is 6.92 Å². The first-order valence-corrected chi connectivity index (χ1v) is 7.39. The van der Waals surface area contributed by atoms with E-state index in [0.29, 0.717) is 10.9 Å². The largest absolute Gasteiger partial charge is 0.436 e. The summed E-state index contributed by atoms with van der Waals surface area (Å²) in [6.07, 6.45) is 3.99. The third-order valence-electron chi connectivity index (χ3n) is 3.63. The van der Waals surface area contributed by atoms with E-state index in [1.165, 1.54) is 0 Å². The van der Waals surface area contributed by atoms with Crippen molar-refractivity contribution in [1.82, 2.24) is 9.55 Å². The Kier molecular flexibility index (Phi) is 3.01. The number of halogens is 1. The highest BCUT2D eigenvalue weighted by Crippen LogP contribution is 2.31. The summed E-state index contributed by atoms with van der Waals surface area (Å²) < 4.78 is 7.93. The van der Waals surface area contributed by atoms with Crippen molar-refractivity contribution in [2.24, 2.45) is 0 Å². The molecule has 0 fully saturated rings. The molecule has 22 heavy (non-hydrogen) atoms. The van der Waals surface area contributed by atoms with Gasteiger partial charge in [-0.3, -0.25) is 0 Å². The summed E-state index contributed by atoms with van der Waals surface area (Å²) in [6.45, 7) is 2.01. The second-order valence-corrected chi connectivity index (χ2v) is 5.65. The molecular weight excluding hydrogens is 296 g/mol. The van der Waals surface area contributed by atoms with Crippen LogP contribution in [0.5, 0.6) is 0 Å². The summed E-state index contributed by atoms with van der Waals surface area (Å²) in [6, 6.07) is 15.8. The standard InChI is InChI=1S/C18H13ClN2O/c1-12-4-6-14(15(19)10-12)18-20-16-7-5-13(11-17(16)22-18)21-8-2-3-9-21/h2-11H,1H3. The van der Waals surface area contributed by atoms with Crippen LogP contribution in [0.1, 0.15) is 5.56 Å². The summed E-state index contributed by atoms with van der Waals surface area (Å²) in [5.74, 6) is 0.546. The van der Waals surface area contributed by atoms with E-state index in [-0.39, 0.29) is 0 Å². The van der Waals surface area contributed by atoms with Crippen LogP contribution in [-0.4, -0.2) is 9.55 Å². The molecule has 2 heterocycles. The molecule has 0 atom stereocenters. The van der Waals surface area contributed by atoms with Crippen molar-refractivity contribution in [3.05, 3.63) is 71.5 Å². The molecule has 0 amide bonds. The lowest BCUT2D eigenvalue weighted by Crippen LogP contribution is -1.87. The second-order valence-electron chi connectivity index (χ2n) is 5.24. The van der Waals surface area contributed by atoms with Crippen LogP contribution in [0.4, 0.5) is 0 Å². The zero-order valence-corrected chi connectivity index (χ0v) is 12.7. The molecule has 0 saturated carbocycles. The van der Waals surface area contributed by atoms with E-state index in [9.17, 15) is 0 Å². The molecule has 2 aromatic carbocycles. The third-order valence-corrected chi connectivity index (χ3v) is 3.94. The van der Waals surface area contributed by atoms with Crippen LogP contribution >= 0.6 is 11.6 Å². The highest BCUT2D eigenvalue weighted by molar-refractivity contribution is 6.33. The Hall–Kier alpha value is -2.52. The Labute approximate surface area is 132 Å². The minimum absolute atomic E-state index is 0.546. The zero-order valence-electron chi connectivity index (χ0n) is 12.0. The minimum atomic E-state index is 0.546. The summed E-state index contributed by atoms with van der Waals surface area (Å²) in [4.78, 5) is 4.54. The van der Waals surface area contributed by atoms with Crippen molar-refractivity contribution in [2.45, 2.75) is 6.92 Å². The molecule has 0 radical (unpaired) electrons. The van der Waals surface area contributed by atoms with E-state index in [2.05, 4.69) is 4.98 Å². The average Bonchev–Trinajstić information content (AvgIpc) is 3.15. The number of aryl methyl sites for hydroxylation is 1. The van der Waals surface area contributed by atoms with Crippen LogP contribution in [0.25, 0.3) is 28.2 Å². The second kappa shape index (κ2) is 5.04. The monoisotopic (exact) mass is 308 g/mol. The Morgan fingerprint density at radius 3 is 2.64 bits per heavy atom. The number of rotatable bonds is 2. The Morgan fingerprint density at radius 1 is 1.05 bits per heavy atom. The maximum absolute atomic E-state index is 6.30. The van der Waals surface area contributed by atoms with Gasteiger partial charge in [0.05, 0.1) is 10.6 Å². The first-order chi connectivity index (χ1) is 10.7. The summed E-state index contributed by atoms with van der Waals surface area (Å²) in [7, 11) is 0. The zero-order chi connectivity index (χ0) is 15.1. The normalized spacial score (nSPS) is 11.2. The number of benzene rings is 2. The molecule has 4 heteroatoms. The minimum Gasteiger partial charge on any atom is -0.436 e. The highest BCUT2D eigenvalue weighted by Gasteiger charge is 2.12. The van der Waals surface area contributed by atoms with Crippen LogP contribution in [-0.2, 0) is 0 Å². The van der Waals surface area contributed by atoms with E-state index in [4.69, 9.17) is 16.0 Å². The Bertz CT molecular complexity index is 955. The predicted molar refractivity (Wildman–Crippen MR) is 88.5 cm³/mol. The number of fused-ring (bicyclic) bond motifs is 1. The van der Waals surface area contributed by atoms with Crippen LogP contribution in [0.3, 0.4) is 0 Å². The average molecular weight is 309 g/mol. The quantitative estimate of drug-likeness (QED) is 0.506. The van der Waals surface area contributed by atoms with Gasteiger partial charge in [0, 0.05) is 24.1 Å². The summed E-state index contributed by atoms with van der Waals surface area (Å²) >= 11 is 6.30. The lowest BCUT2D eigenvalue weighted by Gasteiger charge is -2.01. The Balaban J connectivity index is 1.84. The van der Waals surface area contributed by atoms with Gasteiger partial charge >= 0.3 is 0 Å². The third kappa shape index (κ3) is 2.20. The SMILES string of the molecule is Cc1ccc(-c2nc3ccc(-n4cccc4)cc3o2)c(Cl)c1. The van der Waals surface area contributed by atoms with E-state index in [0.717, 1.165) is 27.9 Å². The lowest BCUT2D eigenvalue weighted by molar-refractivity contribution is 0.619. The van der Waals surface area contributed by atoms with E-state index >= 15 is 0 Å². The summed E-state index contributed by atoms with van der Waals surface area (Å²) in [5, 5.41) is 0.650. The van der Waals surface area contributed by atoms with Gasteiger partial charge in [-0.2, -0.15) is 0 Å². The van der Waals surface area contributed by atoms with Crippen LogP contribution < -0.4 is 0 Å². The van der Waals surface area contributed by atoms with Gasteiger partial charge in [-0.1, -0.05) is 17.7 Å². The molecule has 0 N–H and O–H groups in total. The van der Waals surface area contributed by atoms with E-state index in [1.807, 2.05) is 72.4 Å². The maximum atomic E-state index is 6.30. The fraction of sp³-hybridized carbons (Fsp3) is 0.0556. The van der Waals surface area contributed by atoms with Gasteiger partial charge in [0.25, 0.3) is 0 Å². The topological polar surface area (TPSA) is 31.0 Å². The van der Waals surface area contributed by atoms with Crippen LogP contribution in [0.2, 0.25) is 5.02 Å². The number of nitrogens with zero attached hydrogens (tertiary/aromatic N) is 2. The molecule has 4 rings (SSSR count). The van der Waals surface area contributed by atoms with Crippen molar-refractivity contribution in [1.29, 1.82) is 0 Å². The van der Waals surface area contributed by atoms with Gasteiger partial charge < -0.3 is 8.98 Å². The predicted octanol–water partition coefficient (Wildman–Crippen LogP) is 5.25. The molecule has 0 spiro atoms. The number of hydrogen-bond acceptors (Lipinski definition) is 2. The molecule has 0 unspecified atom stereocenters. The fourth-order valence-corrected chi connectivity index (χ4v) is 2.81. The lowest BCUT2D eigenvalue weighted by atomic mass is 10.1.